The Labute approximate surface area is 214 Å². The van der Waals surface area contributed by atoms with Crippen LogP contribution in [0.5, 0.6) is 5.75 Å². The number of carbonyl (C=O) groups excluding carboxylic acids is 1. The minimum absolute atomic E-state index is 0.0387. The van der Waals surface area contributed by atoms with Gasteiger partial charge in [-0.25, -0.2) is 4.79 Å². The molecule has 3 fully saturated rings. The van der Waals surface area contributed by atoms with Crippen molar-refractivity contribution in [1.29, 1.82) is 0 Å². The molecule has 2 aromatic carbocycles. The molecule has 0 unspecified atom stereocenters. The molecule has 0 bridgehead atoms. The van der Waals surface area contributed by atoms with Crippen molar-refractivity contribution < 1.29 is 14.6 Å². The van der Waals surface area contributed by atoms with Gasteiger partial charge in [-0.3, -0.25) is 4.90 Å². The Bertz CT molecular complexity index is 1090. The van der Waals surface area contributed by atoms with E-state index >= 15 is 0 Å². The van der Waals surface area contributed by atoms with E-state index in [9.17, 15) is 9.90 Å². The van der Waals surface area contributed by atoms with Crippen LogP contribution in [0.1, 0.15) is 55.6 Å². The molecule has 1 aliphatic carbocycles. The van der Waals surface area contributed by atoms with Crippen molar-refractivity contribution in [3.8, 4) is 17.6 Å². The number of ether oxygens (including phenoxy) is 1. The monoisotopic (exact) mass is 487 g/mol. The number of urea groups is 1. The molecule has 190 valence electrons. The number of anilines is 1. The van der Waals surface area contributed by atoms with Crippen LogP contribution in [0.4, 0.5) is 10.5 Å². The molecule has 36 heavy (non-hydrogen) atoms. The fourth-order valence-corrected chi connectivity index (χ4v) is 5.94. The summed E-state index contributed by atoms with van der Waals surface area (Å²) in [5.41, 5.74) is 3.11. The Kier molecular flexibility index (Phi) is 7.79. The second kappa shape index (κ2) is 11.4. The molecule has 2 heterocycles. The normalized spacial score (nSPS) is 26.3. The molecule has 2 saturated heterocycles. The summed E-state index contributed by atoms with van der Waals surface area (Å²) in [5.74, 6) is 7.88. The lowest BCUT2D eigenvalue weighted by Gasteiger charge is -2.30. The fourth-order valence-electron chi connectivity index (χ4n) is 5.94. The van der Waals surface area contributed by atoms with E-state index in [1.54, 1.807) is 7.11 Å². The first-order valence-corrected chi connectivity index (χ1v) is 13.3. The summed E-state index contributed by atoms with van der Waals surface area (Å²) in [6, 6.07) is 16.4. The number of nitrogens with zero attached hydrogens (tertiary/aromatic N) is 2. The quantitative estimate of drug-likeness (QED) is 0.617. The molecule has 3 aliphatic rings. The number of aliphatic hydroxyl groups excluding tert-OH is 1. The zero-order valence-corrected chi connectivity index (χ0v) is 21.2. The van der Waals surface area contributed by atoms with E-state index in [1.165, 1.54) is 5.56 Å². The first-order valence-electron chi connectivity index (χ1n) is 13.3. The van der Waals surface area contributed by atoms with Gasteiger partial charge in [-0.2, -0.15) is 0 Å². The third-order valence-corrected chi connectivity index (χ3v) is 8.04. The van der Waals surface area contributed by atoms with E-state index in [-0.39, 0.29) is 18.1 Å². The molecule has 2 aromatic rings. The summed E-state index contributed by atoms with van der Waals surface area (Å²) >= 11 is 0. The van der Waals surface area contributed by atoms with Crippen molar-refractivity contribution in [1.82, 2.24) is 9.80 Å². The maximum absolute atomic E-state index is 13.1. The molecule has 5 rings (SSSR count). The Morgan fingerprint density at radius 3 is 2.50 bits per heavy atom. The van der Waals surface area contributed by atoms with Crippen molar-refractivity contribution in [2.24, 2.45) is 5.92 Å². The van der Waals surface area contributed by atoms with E-state index in [0.29, 0.717) is 12.0 Å². The molecule has 6 nitrogen and oxygen atoms in total. The second-order valence-electron chi connectivity index (χ2n) is 10.3. The summed E-state index contributed by atoms with van der Waals surface area (Å²) in [5, 5.41) is 13.2. The largest absolute Gasteiger partial charge is 0.497 e. The molecule has 0 aromatic heterocycles. The average Bonchev–Trinajstić information content (AvgIpc) is 3.18. The van der Waals surface area contributed by atoms with Crippen LogP contribution in [-0.2, 0) is 0 Å². The van der Waals surface area contributed by atoms with Crippen LogP contribution in [0.15, 0.2) is 48.5 Å². The highest BCUT2D eigenvalue weighted by molar-refractivity contribution is 5.89. The smallest absolute Gasteiger partial charge is 0.321 e. The molecule has 0 spiro atoms. The van der Waals surface area contributed by atoms with Gasteiger partial charge in [-0.15, -0.1) is 0 Å². The Morgan fingerprint density at radius 1 is 0.972 bits per heavy atom. The second-order valence-corrected chi connectivity index (χ2v) is 10.3. The van der Waals surface area contributed by atoms with Gasteiger partial charge < -0.3 is 20.1 Å². The fraction of sp³-hybridized carbons (Fsp3) is 0.500. The van der Waals surface area contributed by atoms with Crippen LogP contribution in [-0.4, -0.2) is 66.4 Å². The van der Waals surface area contributed by atoms with Crippen LogP contribution in [0.25, 0.3) is 0 Å². The predicted octanol–water partition coefficient (Wildman–Crippen LogP) is 4.69. The molecule has 2 amide bonds. The Morgan fingerprint density at radius 2 is 1.75 bits per heavy atom. The molecule has 2 N–H and O–H groups in total. The first-order chi connectivity index (χ1) is 17.6. The van der Waals surface area contributed by atoms with Gasteiger partial charge in [0, 0.05) is 48.8 Å². The topological polar surface area (TPSA) is 65.0 Å². The number of hydrogen-bond acceptors (Lipinski definition) is 4. The van der Waals surface area contributed by atoms with Crippen molar-refractivity contribution in [2.45, 2.75) is 56.6 Å². The van der Waals surface area contributed by atoms with Crippen LogP contribution in [0, 0.1) is 17.8 Å². The number of methoxy groups -OCH3 is 1. The highest BCUT2D eigenvalue weighted by Crippen LogP contribution is 2.35. The highest BCUT2D eigenvalue weighted by Gasteiger charge is 2.38. The van der Waals surface area contributed by atoms with Crippen LogP contribution < -0.4 is 10.1 Å². The van der Waals surface area contributed by atoms with Gasteiger partial charge in [0.05, 0.1) is 13.2 Å². The van der Waals surface area contributed by atoms with Gasteiger partial charge in [-0.1, -0.05) is 36.8 Å². The van der Waals surface area contributed by atoms with Crippen LogP contribution in [0.2, 0.25) is 0 Å². The summed E-state index contributed by atoms with van der Waals surface area (Å²) < 4.78 is 5.21. The zero-order valence-electron chi connectivity index (χ0n) is 21.2. The van der Waals surface area contributed by atoms with E-state index < -0.39 is 0 Å². The summed E-state index contributed by atoms with van der Waals surface area (Å²) in [7, 11) is 1.64. The molecular formula is C30H37N3O3. The zero-order chi connectivity index (χ0) is 24.9. The van der Waals surface area contributed by atoms with Gasteiger partial charge in [0.15, 0.2) is 0 Å². The van der Waals surface area contributed by atoms with Crippen molar-refractivity contribution in [3.05, 3.63) is 59.7 Å². The lowest BCUT2D eigenvalue weighted by atomic mass is 9.87. The number of benzene rings is 2. The highest BCUT2D eigenvalue weighted by atomic mass is 16.5. The number of nitrogens with one attached hydrogen (secondary N) is 1. The van der Waals surface area contributed by atoms with Gasteiger partial charge in [0.25, 0.3) is 0 Å². The number of fused-ring (bicyclic) bond motifs is 1. The number of amides is 2. The summed E-state index contributed by atoms with van der Waals surface area (Å²) in [6.45, 7) is 3.60. The molecule has 1 saturated carbocycles. The van der Waals surface area contributed by atoms with Gasteiger partial charge in [0.1, 0.15) is 5.75 Å². The number of rotatable bonds is 3. The average molecular weight is 488 g/mol. The summed E-state index contributed by atoms with van der Waals surface area (Å²) in [4.78, 5) is 17.6. The van der Waals surface area contributed by atoms with Gasteiger partial charge >= 0.3 is 6.03 Å². The summed E-state index contributed by atoms with van der Waals surface area (Å²) in [6.07, 6.45) is 5.94. The number of hydrogen-bond donors (Lipinski definition) is 2. The molecule has 0 radical (unpaired) electrons. The third kappa shape index (κ3) is 5.69. The number of aliphatic hydroxyl groups is 1. The lowest BCUT2D eigenvalue weighted by Crippen LogP contribution is -2.43. The van der Waals surface area contributed by atoms with Gasteiger partial charge in [0.2, 0.25) is 0 Å². The molecule has 6 heteroatoms. The van der Waals surface area contributed by atoms with E-state index in [1.807, 2.05) is 29.2 Å². The van der Waals surface area contributed by atoms with Crippen LogP contribution >= 0.6 is 0 Å². The SMILES string of the molecule is COc1ccc(NC(=O)N2CCCN3CC[C@H](c4ccc(C#C[C@H]5CCCC[C@@H]5O)cc4)[C@@H]3C2)cc1. The lowest BCUT2D eigenvalue weighted by molar-refractivity contribution is 0.0970. The standard InChI is InChI=1S/C30H37N3O3/c1-36-26-15-13-25(14-16-26)31-30(35)33-19-4-18-32-20-17-27(28(32)21-33)23-10-7-22(8-11-23)9-12-24-5-2-3-6-29(24)34/h7-8,10-11,13-16,24,27-29,34H,2-6,17-21H2,1H3,(H,31,35)/t24-,27-,28+,29+/m1/s1. The van der Waals surface area contributed by atoms with Gasteiger partial charge in [-0.05, 0) is 74.2 Å². The molecule has 4 atom stereocenters. The minimum atomic E-state index is -0.282. The Hall–Kier alpha value is -3.01. The maximum atomic E-state index is 13.1. The molecule has 2 aliphatic heterocycles. The Balaban J connectivity index is 1.24. The maximum Gasteiger partial charge on any atom is 0.321 e. The first kappa shape index (κ1) is 24.7. The minimum Gasteiger partial charge on any atom is -0.497 e. The van der Waals surface area contributed by atoms with Crippen molar-refractivity contribution >= 4 is 11.7 Å². The predicted molar refractivity (Wildman–Crippen MR) is 142 cm³/mol. The third-order valence-electron chi connectivity index (χ3n) is 8.04. The molecular weight excluding hydrogens is 450 g/mol. The van der Waals surface area contributed by atoms with E-state index in [4.69, 9.17) is 4.74 Å². The van der Waals surface area contributed by atoms with Crippen molar-refractivity contribution in [3.63, 3.8) is 0 Å². The van der Waals surface area contributed by atoms with Crippen molar-refractivity contribution in [2.75, 3.05) is 38.6 Å². The van der Waals surface area contributed by atoms with Crippen LogP contribution in [0.3, 0.4) is 0 Å². The van der Waals surface area contributed by atoms with E-state index in [2.05, 4.69) is 46.3 Å². The van der Waals surface area contributed by atoms with E-state index in [0.717, 1.165) is 81.7 Å². The number of carbonyl (C=O) groups is 1.